The second-order valence-corrected chi connectivity index (χ2v) is 7.18. The number of amides is 2. The van der Waals surface area contributed by atoms with Gasteiger partial charge in [-0.05, 0) is 43.5 Å². The van der Waals surface area contributed by atoms with Gasteiger partial charge in [0, 0.05) is 24.7 Å². The van der Waals surface area contributed by atoms with Gasteiger partial charge in [0.15, 0.2) is 12.4 Å². The van der Waals surface area contributed by atoms with Crippen molar-refractivity contribution in [2.45, 2.75) is 32.3 Å². The van der Waals surface area contributed by atoms with E-state index in [0.29, 0.717) is 18.3 Å². The number of aromatic nitrogens is 2. The van der Waals surface area contributed by atoms with Gasteiger partial charge in [0.25, 0.3) is 5.89 Å². The lowest BCUT2D eigenvalue weighted by Crippen LogP contribution is -2.42. The average molecular weight is 392 g/mol. The standard InChI is InChI=1S/C22H24N4O3/c1-16-8-5-6-12-19(16)23-22(27)26-13-7-9-17(14-26)21-24-20(29-25-21)15-28-18-10-3-2-4-11-18/h2-6,8,10-12,17H,7,9,13-15H2,1H3,(H,23,27). The summed E-state index contributed by atoms with van der Waals surface area (Å²) in [7, 11) is 0. The Bertz CT molecular complexity index is 957. The van der Waals surface area contributed by atoms with Gasteiger partial charge < -0.3 is 19.5 Å². The number of nitrogens with zero attached hydrogens (tertiary/aromatic N) is 3. The van der Waals surface area contributed by atoms with Gasteiger partial charge in [-0.25, -0.2) is 4.79 Å². The van der Waals surface area contributed by atoms with Crippen molar-refractivity contribution in [1.82, 2.24) is 15.0 Å². The van der Waals surface area contributed by atoms with Crippen LogP contribution in [0.2, 0.25) is 0 Å². The van der Waals surface area contributed by atoms with E-state index < -0.39 is 0 Å². The Hall–Kier alpha value is -3.35. The summed E-state index contributed by atoms with van der Waals surface area (Å²) in [6.07, 6.45) is 1.82. The van der Waals surface area contributed by atoms with Crippen LogP contribution in [0.15, 0.2) is 59.1 Å². The Labute approximate surface area is 169 Å². The monoisotopic (exact) mass is 392 g/mol. The molecular formula is C22H24N4O3. The van der Waals surface area contributed by atoms with E-state index in [-0.39, 0.29) is 18.6 Å². The largest absolute Gasteiger partial charge is 0.484 e. The van der Waals surface area contributed by atoms with Crippen LogP contribution in [0.5, 0.6) is 5.75 Å². The number of para-hydroxylation sites is 2. The molecule has 7 nitrogen and oxygen atoms in total. The van der Waals surface area contributed by atoms with E-state index in [0.717, 1.165) is 36.4 Å². The average Bonchev–Trinajstić information content (AvgIpc) is 3.24. The van der Waals surface area contributed by atoms with E-state index in [4.69, 9.17) is 9.26 Å². The number of nitrogens with one attached hydrogen (secondary N) is 1. The lowest BCUT2D eigenvalue weighted by atomic mass is 9.97. The van der Waals surface area contributed by atoms with Crippen molar-refractivity contribution in [1.29, 1.82) is 0 Å². The van der Waals surface area contributed by atoms with Crippen LogP contribution in [0.25, 0.3) is 0 Å². The highest BCUT2D eigenvalue weighted by atomic mass is 16.5. The first-order chi connectivity index (χ1) is 14.2. The van der Waals surface area contributed by atoms with Crippen LogP contribution < -0.4 is 10.1 Å². The number of hydrogen-bond donors (Lipinski definition) is 1. The summed E-state index contributed by atoms with van der Waals surface area (Å²) >= 11 is 0. The first-order valence-corrected chi connectivity index (χ1v) is 9.81. The minimum atomic E-state index is -0.0971. The van der Waals surface area contributed by atoms with Crippen LogP contribution in [0.1, 0.15) is 36.0 Å². The summed E-state index contributed by atoms with van der Waals surface area (Å²) in [6, 6.07) is 17.2. The van der Waals surface area contributed by atoms with Crippen molar-refractivity contribution in [2.24, 2.45) is 0 Å². The predicted octanol–water partition coefficient (Wildman–Crippen LogP) is 4.37. The van der Waals surface area contributed by atoms with E-state index in [1.165, 1.54) is 0 Å². The van der Waals surface area contributed by atoms with E-state index in [9.17, 15) is 4.79 Å². The maximum absolute atomic E-state index is 12.7. The number of hydrogen-bond acceptors (Lipinski definition) is 5. The SMILES string of the molecule is Cc1ccccc1NC(=O)N1CCCC(c2noc(COc3ccccc3)n2)C1. The molecule has 1 fully saturated rings. The molecule has 3 aromatic rings. The Morgan fingerprint density at radius 2 is 2.00 bits per heavy atom. The van der Waals surface area contributed by atoms with Crippen molar-refractivity contribution in [3.05, 3.63) is 71.9 Å². The summed E-state index contributed by atoms with van der Waals surface area (Å²) in [6.45, 7) is 3.49. The van der Waals surface area contributed by atoms with E-state index in [1.54, 1.807) is 0 Å². The maximum Gasteiger partial charge on any atom is 0.321 e. The molecule has 2 heterocycles. The minimum Gasteiger partial charge on any atom is -0.484 e. The summed E-state index contributed by atoms with van der Waals surface area (Å²) in [5.41, 5.74) is 1.87. The molecule has 1 N–H and O–H groups in total. The topological polar surface area (TPSA) is 80.5 Å². The van der Waals surface area contributed by atoms with Gasteiger partial charge in [-0.2, -0.15) is 4.98 Å². The molecule has 150 valence electrons. The zero-order valence-electron chi connectivity index (χ0n) is 16.4. The Morgan fingerprint density at radius 3 is 2.83 bits per heavy atom. The normalized spacial score (nSPS) is 16.4. The van der Waals surface area contributed by atoms with Gasteiger partial charge in [0.2, 0.25) is 0 Å². The summed E-state index contributed by atoms with van der Waals surface area (Å²) in [4.78, 5) is 19.0. The third-order valence-electron chi connectivity index (χ3n) is 5.05. The molecule has 0 spiro atoms. The van der Waals surface area contributed by atoms with Gasteiger partial charge in [0.05, 0.1) is 0 Å². The Kier molecular flexibility index (Phi) is 5.74. The molecule has 4 rings (SSSR count). The molecule has 0 bridgehead atoms. The van der Waals surface area contributed by atoms with Crippen LogP contribution in [0, 0.1) is 6.92 Å². The smallest absolute Gasteiger partial charge is 0.321 e. The zero-order valence-corrected chi connectivity index (χ0v) is 16.4. The number of carbonyl (C=O) groups is 1. The molecule has 1 aliphatic rings. The number of urea groups is 1. The fourth-order valence-corrected chi connectivity index (χ4v) is 3.43. The first-order valence-electron chi connectivity index (χ1n) is 9.81. The second-order valence-electron chi connectivity index (χ2n) is 7.18. The molecule has 1 aromatic heterocycles. The van der Waals surface area contributed by atoms with Crippen molar-refractivity contribution in [3.63, 3.8) is 0 Å². The van der Waals surface area contributed by atoms with Gasteiger partial charge in [0.1, 0.15) is 5.75 Å². The molecule has 0 radical (unpaired) electrons. The lowest BCUT2D eigenvalue weighted by molar-refractivity contribution is 0.190. The maximum atomic E-state index is 12.7. The van der Waals surface area contributed by atoms with Gasteiger partial charge in [-0.3, -0.25) is 0 Å². The number of likely N-dealkylation sites (tertiary alicyclic amines) is 1. The number of rotatable bonds is 5. The highest BCUT2D eigenvalue weighted by Gasteiger charge is 2.28. The van der Waals surface area contributed by atoms with Crippen LogP contribution in [0.3, 0.4) is 0 Å². The van der Waals surface area contributed by atoms with Crippen LogP contribution >= 0.6 is 0 Å². The highest BCUT2D eigenvalue weighted by Crippen LogP contribution is 2.26. The van der Waals surface area contributed by atoms with Crippen molar-refractivity contribution in [2.75, 3.05) is 18.4 Å². The fourth-order valence-electron chi connectivity index (χ4n) is 3.43. The van der Waals surface area contributed by atoms with Gasteiger partial charge >= 0.3 is 6.03 Å². The third kappa shape index (κ3) is 4.74. The summed E-state index contributed by atoms with van der Waals surface area (Å²) in [5, 5.41) is 7.12. The number of piperidine rings is 1. The molecule has 1 saturated heterocycles. The molecule has 2 amide bonds. The minimum absolute atomic E-state index is 0.0561. The first kappa shape index (κ1) is 19.0. The van der Waals surface area contributed by atoms with E-state index in [2.05, 4.69) is 15.5 Å². The molecule has 0 aliphatic carbocycles. The fraction of sp³-hybridized carbons (Fsp3) is 0.318. The molecule has 1 aliphatic heterocycles. The number of ether oxygens (including phenoxy) is 1. The van der Waals surface area contributed by atoms with Crippen molar-refractivity contribution in [3.8, 4) is 5.75 Å². The molecule has 7 heteroatoms. The number of benzene rings is 2. The van der Waals surface area contributed by atoms with E-state index in [1.807, 2.05) is 66.4 Å². The van der Waals surface area contributed by atoms with Gasteiger partial charge in [-0.15, -0.1) is 0 Å². The lowest BCUT2D eigenvalue weighted by Gasteiger charge is -2.31. The molecule has 1 unspecified atom stereocenters. The van der Waals surface area contributed by atoms with Crippen molar-refractivity contribution >= 4 is 11.7 Å². The molecule has 2 aromatic carbocycles. The van der Waals surface area contributed by atoms with Crippen LogP contribution in [-0.4, -0.2) is 34.2 Å². The molecule has 0 saturated carbocycles. The second kappa shape index (κ2) is 8.77. The quantitative estimate of drug-likeness (QED) is 0.697. The third-order valence-corrected chi connectivity index (χ3v) is 5.05. The van der Waals surface area contributed by atoms with Crippen LogP contribution in [0.4, 0.5) is 10.5 Å². The van der Waals surface area contributed by atoms with Crippen LogP contribution in [-0.2, 0) is 6.61 Å². The van der Waals surface area contributed by atoms with E-state index >= 15 is 0 Å². The zero-order chi connectivity index (χ0) is 20.1. The molecular weight excluding hydrogens is 368 g/mol. The predicted molar refractivity (Wildman–Crippen MR) is 109 cm³/mol. The Morgan fingerprint density at radius 1 is 1.21 bits per heavy atom. The number of anilines is 1. The molecule has 29 heavy (non-hydrogen) atoms. The van der Waals surface area contributed by atoms with Crippen molar-refractivity contribution < 1.29 is 14.1 Å². The molecule has 1 atom stereocenters. The Balaban J connectivity index is 1.35. The number of carbonyl (C=O) groups excluding carboxylic acids is 1. The van der Waals surface area contributed by atoms with Gasteiger partial charge in [-0.1, -0.05) is 41.6 Å². The number of aryl methyl sites for hydroxylation is 1. The summed E-state index contributed by atoms with van der Waals surface area (Å²) < 4.78 is 11.0. The summed E-state index contributed by atoms with van der Waals surface area (Å²) in [5.74, 6) is 1.87. The highest BCUT2D eigenvalue weighted by molar-refractivity contribution is 5.90.